The lowest BCUT2D eigenvalue weighted by molar-refractivity contribution is -0.0337. The summed E-state index contributed by atoms with van der Waals surface area (Å²) in [7, 11) is -3.71. The summed E-state index contributed by atoms with van der Waals surface area (Å²) in [5.41, 5.74) is -3.77. The average molecular weight is 513 g/mol. The van der Waals surface area contributed by atoms with E-state index in [2.05, 4.69) is 10.3 Å². The minimum absolute atomic E-state index is 0.0317. The molecule has 0 bridgehead atoms. The number of amides is 1. The second-order valence-electron chi connectivity index (χ2n) is 7.07. The summed E-state index contributed by atoms with van der Waals surface area (Å²) in [6.07, 6.45) is 2.10. The fraction of sp³-hybridized carbons (Fsp3) is 0.182. The Labute approximate surface area is 197 Å². The third-order valence-electron chi connectivity index (χ3n) is 4.45. The second kappa shape index (κ2) is 10.3. The molecule has 0 aliphatic heterocycles. The predicted molar refractivity (Wildman–Crippen MR) is 122 cm³/mol. The molecule has 1 amide bonds. The van der Waals surface area contributed by atoms with Gasteiger partial charge in [-0.3, -0.25) is 4.79 Å². The molecule has 0 aliphatic carbocycles. The van der Waals surface area contributed by atoms with Crippen molar-refractivity contribution >= 4 is 33.2 Å². The first-order valence-corrected chi connectivity index (χ1v) is 12.4. The Kier molecular flexibility index (Phi) is 7.72. The maximum atomic E-state index is 13.0. The fourth-order valence-electron chi connectivity index (χ4n) is 2.88. The SMILES string of the molecule is CS(=O)(=O)c1cc(NC(=O)c2ccc(OCC(SC(F)(F)F)c3ccccc3)nc2)ccc1O. The number of aromatic hydroxyl groups is 1. The molecular formula is C22H19F3N2O5S2. The molecular weight excluding hydrogens is 493 g/mol. The van der Waals surface area contributed by atoms with Gasteiger partial charge in [-0.2, -0.15) is 13.2 Å². The Morgan fingerprint density at radius 3 is 2.44 bits per heavy atom. The van der Waals surface area contributed by atoms with Crippen LogP contribution in [0, 0.1) is 0 Å². The number of pyridine rings is 1. The lowest BCUT2D eigenvalue weighted by Crippen LogP contribution is -2.15. The third kappa shape index (κ3) is 7.12. The van der Waals surface area contributed by atoms with Gasteiger partial charge in [0.2, 0.25) is 5.88 Å². The number of carbonyl (C=O) groups is 1. The summed E-state index contributed by atoms with van der Waals surface area (Å²) < 4.78 is 67.7. The van der Waals surface area contributed by atoms with Crippen LogP contribution in [0.5, 0.6) is 11.6 Å². The van der Waals surface area contributed by atoms with Gasteiger partial charge in [-0.15, -0.1) is 0 Å². The number of alkyl halides is 3. The molecule has 180 valence electrons. The number of aromatic nitrogens is 1. The zero-order chi connectivity index (χ0) is 24.9. The molecule has 1 atom stereocenters. The molecule has 2 aromatic carbocycles. The summed E-state index contributed by atoms with van der Waals surface area (Å²) in [6, 6.07) is 14.4. The number of benzene rings is 2. The quantitative estimate of drug-likeness (QED) is 0.417. The molecule has 0 saturated carbocycles. The highest BCUT2D eigenvalue weighted by molar-refractivity contribution is 8.00. The number of rotatable bonds is 8. The average Bonchev–Trinajstić information content (AvgIpc) is 2.77. The van der Waals surface area contributed by atoms with E-state index in [1.54, 1.807) is 30.3 Å². The van der Waals surface area contributed by atoms with Gasteiger partial charge in [0.25, 0.3) is 5.91 Å². The van der Waals surface area contributed by atoms with Crippen molar-refractivity contribution in [1.82, 2.24) is 4.98 Å². The van der Waals surface area contributed by atoms with E-state index in [-0.39, 0.29) is 40.4 Å². The number of nitrogens with one attached hydrogen (secondary N) is 1. The normalized spacial score (nSPS) is 12.7. The van der Waals surface area contributed by atoms with Crippen molar-refractivity contribution in [2.24, 2.45) is 0 Å². The van der Waals surface area contributed by atoms with Crippen molar-refractivity contribution in [3.63, 3.8) is 0 Å². The van der Waals surface area contributed by atoms with E-state index in [4.69, 9.17) is 4.74 Å². The van der Waals surface area contributed by atoms with Crippen LogP contribution in [-0.2, 0) is 9.84 Å². The van der Waals surface area contributed by atoms with E-state index in [0.717, 1.165) is 18.4 Å². The van der Waals surface area contributed by atoms with Crippen LogP contribution in [-0.4, -0.2) is 42.8 Å². The van der Waals surface area contributed by atoms with E-state index >= 15 is 0 Å². The summed E-state index contributed by atoms with van der Waals surface area (Å²) in [5, 5.41) is 11.2. The fourth-order valence-corrected chi connectivity index (χ4v) is 4.42. The number of anilines is 1. The molecule has 12 heteroatoms. The van der Waals surface area contributed by atoms with E-state index in [9.17, 15) is 31.5 Å². The van der Waals surface area contributed by atoms with Crippen molar-refractivity contribution in [3.8, 4) is 11.6 Å². The minimum atomic E-state index is -4.45. The van der Waals surface area contributed by atoms with Gasteiger partial charge in [-0.05, 0) is 41.6 Å². The molecule has 0 radical (unpaired) electrons. The highest BCUT2D eigenvalue weighted by atomic mass is 32.2. The van der Waals surface area contributed by atoms with Gasteiger partial charge >= 0.3 is 5.51 Å². The molecule has 1 heterocycles. The van der Waals surface area contributed by atoms with Crippen molar-refractivity contribution in [2.45, 2.75) is 15.7 Å². The molecule has 3 rings (SSSR count). The number of hydrogen-bond acceptors (Lipinski definition) is 7. The number of phenolic OH excluding ortho intramolecular Hbond substituents is 1. The van der Waals surface area contributed by atoms with Crippen LogP contribution in [0.1, 0.15) is 21.2 Å². The predicted octanol–water partition coefficient (Wildman–Crippen LogP) is 4.82. The maximum absolute atomic E-state index is 13.0. The van der Waals surface area contributed by atoms with Crippen LogP contribution in [0.2, 0.25) is 0 Å². The molecule has 2 N–H and O–H groups in total. The van der Waals surface area contributed by atoms with Crippen LogP contribution >= 0.6 is 11.8 Å². The Morgan fingerprint density at radius 1 is 1.15 bits per heavy atom. The van der Waals surface area contributed by atoms with Crippen molar-refractivity contribution in [1.29, 1.82) is 0 Å². The van der Waals surface area contributed by atoms with Gasteiger partial charge in [0, 0.05) is 24.2 Å². The first kappa shape index (κ1) is 25.4. The van der Waals surface area contributed by atoms with E-state index in [0.29, 0.717) is 5.56 Å². The summed E-state index contributed by atoms with van der Waals surface area (Å²) in [6.45, 7) is -0.297. The highest BCUT2D eigenvalue weighted by Crippen LogP contribution is 2.42. The van der Waals surface area contributed by atoms with Crippen molar-refractivity contribution < 1.29 is 36.2 Å². The van der Waals surface area contributed by atoms with Crippen LogP contribution < -0.4 is 10.1 Å². The van der Waals surface area contributed by atoms with Crippen LogP contribution in [0.4, 0.5) is 18.9 Å². The monoisotopic (exact) mass is 512 g/mol. The Hall–Kier alpha value is -3.25. The minimum Gasteiger partial charge on any atom is -0.507 e. The van der Waals surface area contributed by atoms with Crippen LogP contribution in [0.25, 0.3) is 0 Å². The Balaban J connectivity index is 1.67. The zero-order valence-corrected chi connectivity index (χ0v) is 19.2. The Morgan fingerprint density at radius 2 is 1.85 bits per heavy atom. The standard InChI is InChI=1S/C22H19F3N2O5S2/c1-34(30,31)19-11-16(8-9-17(19)28)27-21(29)15-7-10-20(26-12-15)32-13-18(33-22(23,24)25)14-5-3-2-4-6-14/h2-12,18,28H,13H2,1H3,(H,27,29). The van der Waals surface area contributed by atoms with E-state index < -0.39 is 32.3 Å². The smallest absolute Gasteiger partial charge is 0.442 e. The largest absolute Gasteiger partial charge is 0.507 e. The number of nitrogens with zero attached hydrogens (tertiary/aromatic N) is 1. The second-order valence-corrected chi connectivity index (χ2v) is 10.3. The lowest BCUT2D eigenvalue weighted by Gasteiger charge is -2.18. The number of phenols is 1. The van der Waals surface area contributed by atoms with E-state index in [1.165, 1.54) is 24.4 Å². The van der Waals surface area contributed by atoms with E-state index in [1.807, 2.05) is 0 Å². The van der Waals surface area contributed by atoms with Crippen molar-refractivity contribution in [3.05, 3.63) is 78.0 Å². The molecule has 34 heavy (non-hydrogen) atoms. The van der Waals surface area contributed by atoms with Crippen LogP contribution in [0.3, 0.4) is 0 Å². The molecule has 0 fully saturated rings. The number of halogens is 3. The van der Waals surface area contributed by atoms with Gasteiger partial charge in [-0.25, -0.2) is 13.4 Å². The van der Waals surface area contributed by atoms with Gasteiger partial charge in [0.15, 0.2) is 9.84 Å². The lowest BCUT2D eigenvalue weighted by atomic mass is 10.1. The van der Waals surface area contributed by atoms with Gasteiger partial charge in [-0.1, -0.05) is 30.3 Å². The number of ether oxygens (including phenoxy) is 1. The number of hydrogen-bond donors (Lipinski definition) is 2. The number of thioether (sulfide) groups is 1. The molecule has 1 unspecified atom stereocenters. The first-order valence-electron chi connectivity index (χ1n) is 9.65. The topological polar surface area (TPSA) is 106 Å². The molecule has 3 aromatic rings. The van der Waals surface area contributed by atoms with Crippen molar-refractivity contribution in [2.75, 3.05) is 18.2 Å². The molecule has 0 saturated heterocycles. The number of sulfone groups is 1. The molecule has 0 aliphatic rings. The maximum Gasteiger partial charge on any atom is 0.442 e. The number of carbonyl (C=O) groups excluding carboxylic acids is 1. The summed E-state index contributed by atoms with van der Waals surface area (Å²) in [4.78, 5) is 16.1. The molecule has 0 spiro atoms. The first-order chi connectivity index (χ1) is 15.9. The van der Waals surface area contributed by atoms with Crippen LogP contribution in [0.15, 0.2) is 71.8 Å². The molecule has 7 nitrogen and oxygen atoms in total. The summed E-state index contributed by atoms with van der Waals surface area (Å²) >= 11 is -0.190. The Bertz CT molecular complexity index is 1250. The molecule has 1 aromatic heterocycles. The third-order valence-corrected chi connectivity index (χ3v) is 6.53. The zero-order valence-electron chi connectivity index (χ0n) is 17.6. The summed E-state index contributed by atoms with van der Waals surface area (Å²) in [5.74, 6) is -1.02. The van der Waals surface area contributed by atoms with Gasteiger partial charge in [0.05, 0.1) is 10.8 Å². The highest BCUT2D eigenvalue weighted by Gasteiger charge is 2.34. The van der Waals surface area contributed by atoms with Gasteiger partial charge < -0.3 is 15.2 Å². The van der Waals surface area contributed by atoms with Gasteiger partial charge in [0.1, 0.15) is 17.3 Å².